The van der Waals surface area contributed by atoms with Crippen LogP contribution in [0.2, 0.25) is 0 Å². The molecule has 23 heavy (non-hydrogen) atoms. The molecule has 0 aliphatic carbocycles. The Morgan fingerprint density at radius 3 is 2.87 bits per heavy atom. The van der Waals surface area contributed by atoms with E-state index < -0.39 is 0 Å². The van der Waals surface area contributed by atoms with E-state index in [0.717, 1.165) is 24.6 Å². The molecule has 2 amide bonds. The van der Waals surface area contributed by atoms with Crippen LogP contribution in [0.15, 0.2) is 0 Å². The smallest absolute Gasteiger partial charge is 0.314 e. The Labute approximate surface area is 137 Å². The molecule has 1 aromatic heterocycles. The van der Waals surface area contributed by atoms with Crippen molar-refractivity contribution in [1.82, 2.24) is 25.4 Å². The Kier molecular flexibility index (Phi) is 6.83. The highest BCUT2D eigenvalue weighted by atomic mass is 16.3. The summed E-state index contributed by atoms with van der Waals surface area (Å²) in [5.74, 6) is 2.30. The lowest BCUT2D eigenvalue weighted by Gasteiger charge is -2.14. The number of fused-ring (bicyclic) bond motifs is 1. The lowest BCUT2D eigenvalue weighted by atomic mass is 10.1. The van der Waals surface area contributed by atoms with E-state index in [1.807, 2.05) is 6.92 Å². The van der Waals surface area contributed by atoms with Gasteiger partial charge in [-0.15, -0.1) is 10.2 Å². The van der Waals surface area contributed by atoms with E-state index in [4.69, 9.17) is 0 Å². The number of carbonyl (C=O) groups is 1. The molecule has 1 aliphatic rings. The molecule has 2 rings (SSSR count). The van der Waals surface area contributed by atoms with Crippen molar-refractivity contribution in [3.63, 3.8) is 0 Å². The van der Waals surface area contributed by atoms with Crippen molar-refractivity contribution < 1.29 is 9.90 Å². The number of aliphatic hydroxyl groups excluding tert-OH is 1. The molecule has 3 N–H and O–H groups in total. The van der Waals surface area contributed by atoms with Gasteiger partial charge in [0.05, 0.1) is 6.10 Å². The zero-order chi connectivity index (χ0) is 16.7. The quantitative estimate of drug-likeness (QED) is 0.704. The van der Waals surface area contributed by atoms with E-state index in [-0.39, 0.29) is 18.1 Å². The van der Waals surface area contributed by atoms with Crippen LogP contribution < -0.4 is 10.6 Å². The topological polar surface area (TPSA) is 92.1 Å². The molecule has 0 fully saturated rings. The van der Waals surface area contributed by atoms with Crippen LogP contribution in [0.25, 0.3) is 0 Å². The summed E-state index contributed by atoms with van der Waals surface area (Å²) in [6, 6.07) is -0.168. The molecule has 2 atom stereocenters. The molecule has 130 valence electrons. The Balaban J connectivity index is 1.69. The first-order valence-electron chi connectivity index (χ1n) is 8.67. The fourth-order valence-electron chi connectivity index (χ4n) is 3.01. The molecule has 0 saturated carbocycles. The van der Waals surface area contributed by atoms with Crippen LogP contribution in [0.4, 0.5) is 4.79 Å². The second-order valence-corrected chi connectivity index (χ2v) is 6.57. The minimum Gasteiger partial charge on any atom is -0.393 e. The van der Waals surface area contributed by atoms with Crippen LogP contribution in [0.3, 0.4) is 0 Å². The summed E-state index contributed by atoms with van der Waals surface area (Å²) in [6.07, 6.45) is 5.65. The van der Waals surface area contributed by atoms with Crippen LogP contribution in [0, 0.1) is 5.92 Å². The minimum atomic E-state index is -0.335. The number of aryl methyl sites for hydroxylation is 1. The van der Waals surface area contributed by atoms with Crippen LogP contribution in [0.1, 0.15) is 51.2 Å². The van der Waals surface area contributed by atoms with E-state index in [1.54, 1.807) is 6.92 Å². The lowest BCUT2D eigenvalue weighted by Crippen LogP contribution is -2.39. The van der Waals surface area contributed by atoms with E-state index in [9.17, 15) is 9.90 Å². The summed E-state index contributed by atoms with van der Waals surface area (Å²) in [5, 5.41) is 23.5. The molecular formula is C16H29N5O2. The van der Waals surface area contributed by atoms with Crippen molar-refractivity contribution in [3.8, 4) is 0 Å². The van der Waals surface area contributed by atoms with Gasteiger partial charge in [-0.25, -0.2) is 4.79 Å². The number of nitrogens with zero attached hydrogens (tertiary/aromatic N) is 3. The van der Waals surface area contributed by atoms with E-state index in [2.05, 4.69) is 25.4 Å². The highest BCUT2D eigenvalue weighted by Crippen LogP contribution is 2.14. The molecule has 7 heteroatoms. The third kappa shape index (κ3) is 5.82. The van der Waals surface area contributed by atoms with E-state index >= 15 is 0 Å². The second kappa shape index (κ2) is 8.86. The van der Waals surface area contributed by atoms with Gasteiger partial charge in [0, 0.05) is 32.5 Å². The summed E-state index contributed by atoms with van der Waals surface area (Å²) in [4.78, 5) is 11.8. The molecule has 1 aromatic rings. The van der Waals surface area contributed by atoms with Crippen LogP contribution in [-0.4, -0.2) is 45.1 Å². The molecule has 2 unspecified atom stereocenters. The first kappa shape index (κ1) is 17.7. The molecule has 2 heterocycles. The summed E-state index contributed by atoms with van der Waals surface area (Å²) in [6.45, 7) is 5.88. The van der Waals surface area contributed by atoms with Crippen molar-refractivity contribution in [2.75, 3.05) is 13.1 Å². The standard InChI is InChI=1S/C16H29N5O2/c1-12(10-13(2)22)11-18-16(23)17-8-7-15-20-19-14-6-4-3-5-9-21(14)15/h12-13,22H,3-11H2,1-2H3,(H2,17,18,23). The van der Waals surface area contributed by atoms with Crippen LogP contribution in [-0.2, 0) is 19.4 Å². The van der Waals surface area contributed by atoms with Gasteiger partial charge < -0.3 is 20.3 Å². The number of hydrogen-bond donors (Lipinski definition) is 3. The predicted molar refractivity (Wildman–Crippen MR) is 88.1 cm³/mol. The molecule has 1 aliphatic heterocycles. The SMILES string of the molecule is CC(O)CC(C)CNC(=O)NCCc1nnc2n1CCCCC2. The second-order valence-electron chi connectivity index (χ2n) is 6.57. The minimum absolute atomic E-state index is 0.168. The maximum atomic E-state index is 11.8. The van der Waals surface area contributed by atoms with Gasteiger partial charge in [0.15, 0.2) is 0 Å². The monoisotopic (exact) mass is 323 g/mol. The van der Waals surface area contributed by atoms with Gasteiger partial charge in [0.1, 0.15) is 11.6 Å². The maximum absolute atomic E-state index is 11.8. The van der Waals surface area contributed by atoms with Gasteiger partial charge >= 0.3 is 6.03 Å². The molecule has 0 aromatic carbocycles. The van der Waals surface area contributed by atoms with Crippen molar-refractivity contribution in [2.45, 2.75) is 65.0 Å². The predicted octanol–water partition coefficient (Wildman–Crippen LogP) is 1.25. The molecule has 0 radical (unpaired) electrons. The highest BCUT2D eigenvalue weighted by molar-refractivity contribution is 5.73. The van der Waals surface area contributed by atoms with Crippen molar-refractivity contribution in [1.29, 1.82) is 0 Å². The third-order valence-electron chi connectivity index (χ3n) is 4.17. The summed E-state index contributed by atoms with van der Waals surface area (Å²) in [7, 11) is 0. The number of amides is 2. The average molecular weight is 323 g/mol. The zero-order valence-electron chi connectivity index (χ0n) is 14.2. The van der Waals surface area contributed by atoms with E-state index in [1.165, 1.54) is 19.3 Å². The largest absolute Gasteiger partial charge is 0.393 e. The van der Waals surface area contributed by atoms with E-state index in [0.29, 0.717) is 25.9 Å². The Morgan fingerprint density at radius 1 is 1.26 bits per heavy atom. The van der Waals surface area contributed by atoms with Crippen molar-refractivity contribution >= 4 is 6.03 Å². The fraction of sp³-hybridized carbons (Fsp3) is 0.812. The number of nitrogens with one attached hydrogen (secondary N) is 2. The number of hydrogen-bond acceptors (Lipinski definition) is 4. The van der Waals surface area contributed by atoms with Gasteiger partial charge in [-0.2, -0.15) is 0 Å². The number of rotatable bonds is 7. The zero-order valence-corrected chi connectivity index (χ0v) is 14.2. The first-order valence-corrected chi connectivity index (χ1v) is 8.67. The van der Waals surface area contributed by atoms with Crippen molar-refractivity contribution in [2.24, 2.45) is 5.92 Å². The maximum Gasteiger partial charge on any atom is 0.314 e. The van der Waals surface area contributed by atoms with Crippen molar-refractivity contribution in [3.05, 3.63) is 11.6 Å². The summed E-state index contributed by atoms with van der Waals surface area (Å²) < 4.78 is 2.21. The number of carbonyl (C=O) groups excluding carboxylic acids is 1. The number of aromatic nitrogens is 3. The van der Waals surface area contributed by atoms with Gasteiger partial charge in [0.25, 0.3) is 0 Å². The fourth-order valence-corrected chi connectivity index (χ4v) is 3.01. The van der Waals surface area contributed by atoms with Gasteiger partial charge in [-0.3, -0.25) is 0 Å². The highest BCUT2D eigenvalue weighted by Gasteiger charge is 2.14. The Bertz CT molecular complexity index is 501. The third-order valence-corrected chi connectivity index (χ3v) is 4.17. The molecule has 7 nitrogen and oxygen atoms in total. The van der Waals surface area contributed by atoms with Crippen LogP contribution >= 0.6 is 0 Å². The average Bonchev–Trinajstić information content (AvgIpc) is 2.72. The molecular weight excluding hydrogens is 294 g/mol. The summed E-state index contributed by atoms with van der Waals surface area (Å²) in [5.41, 5.74) is 0. The van der Waals surface area contributed by atoms with Gasteiger partial charge in [-0.1, -0.05) is 13.3 Å². The van der Waals surface area contributed by atoms with Gasteiger partial charge in [-0.05, 0) is 32.1 Å². The van der Waals surface area contributed by atoms with Crippen LogP contribution in [0.5, 0.6) is 0 Å². The number of aliphatic hydroxyl groups is 1. The van der Waals surface area contributed by atoms with Gasteiger partial charge in [0.2, 0.25) is 0 Å². The Hall–Kier alpha value is -1.63. The normalized spacial score (nSPS) is 17.0. The molecule has 0 saturated heterocycles. The first-order chi connectivity index (χ1) is 11.1. The Morgan fingerprint density at radius 2 is 2.09 bits per heavy atom. The molecule has 0 bridgehead atoms. The number of urea groups is 1. The molecule has 0 spiro atoms. The lowest BCUT2D eigenvalue weighted by molar-refractivity contribution is 0.163. The summed E-state index contributed by atoms with van der Waals surface area (Å²) >= 11 is 0.